The number of rotatable bonds is 4. The van der Waals surface area contributed by atoms with Crippen LogP contribution in [0.5, 0.6) is 0 Å². The largest absolute Gasteiger partial charge is 0.455 e. The van der Waals surface area contributed by atoms with Gasteiger partial charge < -0.3 is 8.98 Å². The van der Waals surface area contributed by atoms with Crippen LogP contribution in [0.4, 0.5) is 0 Å². The summed E-state index contributed by atoms with van der Waals surface area (Å²) in [5.41, 5.74) is 7.60. The average Bonchev–Trinajstić information content (AvgIpc) is 3.93. The molecule has 0 N–H and O–H groups in total. The van der Waals surface area contributed by atoms with E-state index in [1.54, 1.807) is 11.3 Å². The van der Waals surface area contributed by atoms with Gasteiger partial charge in [0.05, 0.1) is 16.6 Å². The fraction of sp³-hybridized carbons (Fsp3) is 0. The highest BCUT2D eigenvalue weighted by atomic mass is 32.1. The summed E-state index contributed by atoms with van der Waals surface area (Å²) in [6.45, 7) is 0. The summed E-state index contributed by atoms with van der Waals surface area (Å²) in [6.07, 6.45) is 0. The second-order valence-electron chi connectivity index (χ2n) is 14.0. The lowest BCUT2D eigenvalue weighted by atomic mass is 9.99. The first-order valence-electron chi connectivity index (χ1n) is 18.4. The van der Waals surface area contributed by atoms with Crippen LogP contribution in [0.2, 0.25) is 0 Å². The Hall–Kier alpha value is -7.15. The van der Waals surface area contributed by atoms with E-state index < -0.39 is 0 Å². The van der Waals surface area contributed by atoms with Crippen molar-refractivity contribution < 1.29 is 4.42 Å². The second-order valence-corrected chi connectivity index (χ2v) is 15.1. The van der Waals surface area contributed by atoms with E-state index in [4.69, 9.17) is 19.4 Å². The molecule has 0 radical (unpaired) electrons. The van der Waals surface area contributed by atoms with Crippen LogP contribution in [0.3, 0.4) is 0 Å². The first-order chi connectivity index (χ1) is 27.2. The Labute approximate surface area is 318 Å². The maximum atomic E-state index is 6.98. The molecule has 4 heterocycles. The van der Waals surface area contributed by atoms with Gasteiger partial charge in [0.1, 0.15) is 11.2 Å². The van der Waals surface area contributed by atoms with Crippen molar-refractivity contribution in [2.75, 3.05) is 0 Å². The maximum Gasteiger partial charge on any atom is 0.167 e. The Kier molecular flexibility index (Phi) is 6.44. The van der Waals surface area contributed by atoms with Crippen LogP contribution in [0.1, 0.15) is 0 Å². The van der Waals surface area contributed by atoms with Gasteiger partial charge in [0.25, 0.3) is 0 Å². The number of nitrogens with zero attached hydrogens (tertiary/aromatic N) is 4. The Morgan fingerprint density at radius 3 is 1.87 bits per heavy atom. The predicted octanol–water partition coefficient (Wildman–Crippen LogP) is 13.4. The summed E-state index contributed by atoms with van der Waals surface area (Å²) in [7, 11) is 0. The van der Waals surface area contributed by atoms with E-state index in [2.05, 4.69) is 144 Å². The standard InChI is InChI=1S/C49H28N4OS/c1-2-12-29(13-3-1)47-50-48(31-22-25-44-38(27-31)36-18-8-11-21-43(36)55-44)52-49(51-47)39-26-30-14-4-5-15-33(30)45-37-24-23-32(28-42(37)54-46(39)45)53-40-19-9-6-16-34(40)35-17-7-10-20-41(35)53/h1-28H. The Bertz CT molecular complexity index is 3450. The van der Waals surface area contributed by atoms with Crippen molar-refractivity contribution in [3.05, 3.63) is 170 Å². The molecule has 0 aliphatic rings. The van der Waals surface area contributed by atoms with Crippen molar-refractivity contribution in [2.45, 2.75) is 0 Å². The Morgan fingerprint density at radius 2 is 1.07 bits per heavy atom. The summed E-state index contributed by atoms with van der Waals surface area (Å²) < 4.78 is 11.8. The molecule has 6 heteroatoms. The molecule has 0 spiro atoms. The molecule has 0 atom stereocenters. The molecule has 4 aromatic heterocycles. The smallest absolute Gasteiger partial charge is 0.167 e. The highest BCUT2D eigenvalue weighted by molar-refractivity contribution is 7.25. The zero-order valence-corrected chi connectivity index (χ0v) is 30.1. The van der Waals surface area contributed by atoms with Gasteiger partial charge in [0.15, 0.2) is 17.5 Å². The van der Waals surface area contributed by atoms with Crippen LogP contribution in [0.25, 0.3) is 115 Å². The van der Waals surface area contributed by atoms with E-state index >= 15 is 0 Å². The van der Waals surface area contributed by atoms with Crippen LogP contribution in [0.15, 0.2) is 174 Å². The first kappa shape index (κ1) is 30.3. The number of hydrogen-bond donors (Lipinski definition) is 0. The van der Waals surface area contributed by atoms with Crippen molar-refractivity contribution in [1.82, 2.24) is 19.5 Å². The van der Waals surface area contributed by atoms with Crippen molar-refractivity contribution in [1.29, 1.82) is 0 Å². The summed E-state index contributed by atoms with van der Waals surface area (Å²) in [5.74, 6) is 1.80. The highest BCUT2D eigenvalue weighted by Crippen LogP contribution is 2.43. The summed E-state index contributed by atoms with van der Waals surface area (Å²) >= 11 is 1.80. The monoisotopic (exact) mass is 720 g/mol. The molecule has 8 aromatic carbocycles. The molecular weight excluding hydrogens is 693 g/mol. The molecule has 0 aliphatic heterocycles. The van der Waals surface area contributed by atoms with E-state index in [-0.39, 0.29) is 0 Å². The lowest BCUT2D eigenvalue weighted by molar-refractivity contribution is 0.669. The second kappa shape index (κ2) is 11.7. The summed E-state index contributed by atoms with van der Waals surface area (Å²) in [5, 5.41) is 9.19. The average molecular weight is 721 g/mol. The summed E-state index contributed by atoms with van der Waals surface area (Å²) in [4.78, 5) is 15.5. The third-order valence-electron chi connectivity index (χ3n) is 10.8. The van der Waals surface area contributed by atoms with Crippen molar-refractivity contribution in [2.24, 2.45) is 0 Å². The molecule has 12 rings (SSSR count). The fourth-order valence-electron chi connectivity index (χ4n) is 8.33. The van der Waals surface area contributed by atoms with Gasteiger partial charge >= 0.3 is 0 Å². The van der Waals surface area contributed by atoms with Crippen LogP contribution >= 0.6 is 11.3 Å². The fourth-order valence-corrected chi connectivity index (χ4v) is 9.41. The molecule has 0 amide bonds. The highest BCUT2D eigenvalue weighted by Gasteiger charge is 2.22. The molecule has 0 unspecified atom stereocenters. The number of fused-ring (bicyclic) bond motifs is 11. The molecule has 0 saturated carbocycles. The Morgan fingerprint density at radius 1 is 0.436 bits per heavy atom. The maximum absolute atomic E-state index is 6.98. The topological polar surface area (TPSA) is 56.7 Å². The molecule has 256 valence electrons. The predicted molar refractivity (Wildman–Crippen MR) is 228 cm³/mol. The zero-order valence-electron chi connectivity index (χ0n) is 29.3. The third kappa shape index (κ3) is 4.62. The van der Waals surface area contributed by atoms with Gasteiger partial charge in [-0.25, -0.2) is 15.0 Å². The number of benzene rings is 8. The van der Waals surface area contributed by atoms with Crippen molar-refractivity contribution >= 4 is 86.0 Å². The number of thiophene rings is 1. The molecule has 0 fully saturated rings. The number of para-hydroxylation sites is 2. The van der Waals surface area contributed by atoms with Gasteiger partial charge in [-0.3, -0.25) is 0 Å². The van der Waals surface area contributed by atoms with Crippen molar-refractivity contribution in [3.63, 3.8) is 0 Å². The van der Waals surface area contributed by atoms with E-state index in [9.17, 15) is 0 Å². The molecular formula is C49H28N4OS. The number of hydrogen-bond acceptors (Lipinski definition) is 5. The molecule has 0 bridgehead atoms. The number of aromatic nitrogens is 4. The van der Waals surface area contributed by atoms with E-state index in [0.717, 1.165) is 66.1 Å². The quantitative estimate of drug-likeness (QED) is 0.182. The normalized spacial score (nSPS) is 12.0. The minimum atomic E-state index is 0.566. The molecule has 0 aliphatic carbocycles. The van der Waals surface area contributed by atoms with Gasteiger partial charge in [-0.05, 0) is 65.4 Å². The molecule has 12 aromatic rings. The zero-order chi connectivity index (χ0) is 36.0. The minimum Gasteiger partial charge on any atom is -0.455 e. The van der Waals surface area contributed by atoms with Gasteiger partial charge in [0.2, 0.25) is 0 Å². The lowest BCUT2D eigenvalue weighted by Gasteiger charge is -2.10. The van der Waals surface area contributed by atoms with E-state index in [1.165, 1.54) is 30.9 Å². The minimum absolute atomic E-state index is 0.566. The SMILES string of the molecule is c1ccc(-c2nc(-c3ccc4sc5ccccc5c4c3)nc(-c3cc4ccccc4c4c3oc3cc(-n5c6ccccc6c6ccccc65)ccc34)n2)cc1. The van der Waals surface area contributed by atoms with Crippen LogP contribution < -0.4 is 0 Å². The Balaban J connectivity index is 1.12. The van der Waals surface area contributed by atoms with Gasteiger partial charge in [-0.15, -0.1) is 11.3 Å². The number of furan rings is 1. The lowest BCUT2D eigenvalue weighted by Crippen LogP contribution is -2.00. The van der Waals surface area contributed by atoms with E-state index in [1.807, 2.05) is 30.3 Å². The summed E-state index contributed by atoms with van der Waals surface area (Å²) in [6, 6.07) is 59.6. The van der Waals surface area contributed by atoms with Gasteiger partial charge in [-0.2, -0.15) is 0 Å². The van der Waals surface area contributed by atoms with Gasteiger partial charge in [-0.1, -0.05) is 109 Å². The van der Waals surface area contributed by atoms with Crippen molar-refractivity contribution in [3.8, 4) is 39.9 Å². The molecule has 0 saturated heterocycles. The van der Waals surface area contributed by atoms with Crippen LogP contribution in [-0.2, 0) is 0 Å². The third-order valence-corrected chi connectivity index (χ3v) is 12.0. The van der Waals surface area contributed by atoms with Crippen LogP contribution in [-0.4, -0.2) is 19.5 Å². The first-order valence-corrected chi connectivity index (χ1v) is 19.2. The molecule has 55 heavy (non-hydrogen) atoms. The van der Waals surface area contributed by atoms with E-state index in [0.29, 0.717) is 17.5 Å². The molecule has 5 nitrogen and oxygen atoms in total. The van der Waals surface area contributed by atoms with Crippen LogP contribution in [0, 0.1) is 0 Å². The van der Waals surface area contributed by atoms with Gasteiger partial charge in [0, 0.05) is 64.6 Å².